The van der Waals surface area contributed by atoms with Crippen LogP contribution in [0.15, 0.2) is 78.9 Å². The van der Waals surface area contributed by atoms with Crippen LogP contribution in [0.5, 0.6) is 5.75 Å². The van der Waals surface area contributed by atoms with Crippen LogP contribution in [-0.4, -0.2) is 24.0 Å². The molecule has 0 radical (unpaired) electrons. The van der Waals surface area contributed by atoms with Crippen LogP contribution >= 0.6 is 0 Å². The fourth-order valence-electron chi connectivity index (χ4n) is 4.37. The highest BCUT2D eigenvalue weighted by Crippen LogP contribution is 2.40. The van der Waals surface area contributed by atoms with Crippen molar-refractivity contribution in [3.8, 4) is 5.75 Å². The van der Waals surface area contributed by atoms with Crippen molar-refractivity contribution < 1.29 is 9.53 Å². The van der Waals surface area contributed by atoms with E-state index in [0.29, 0.717) is 19.1 Å². The van der Waals surface area contributed by atoms with Gasteiger partial charge in [-0.3, -0.25) is 4.79 Å². The van der Waals surface area contributed by atoms with Crippen LogP contribution in [-0.2, 0) is 12.1 Å². The van der Waals surface area contributed by atoms with Gasteiger partial charge in [0, 0.05) is 12.2 Å². The van der Waals surface area contributed by atoms with E-state index in [4.69, 9.17) is 4.74 Å². The Morgan fingerprint density at radius 2 is 1.62 bits per heavy atom. The summed E-state index contributed by atoms with van der Waals surface area (Å²) in [6.45, 7) is 7.72. The molecule has 1 unspecified atom stereocenters. The molecule has 0 saturated carbocycles. The van der Waals surface area contributed by atoms with Crippen LogP contribution in [0.1, 0.15) is 48.7 Å². The van der Waals surface area contributed by atoms with Crippen LogP contribution in [0.3, 0.4) is 0 Å². The SMILES string of the molecule is CCC1(c2ccc(OCC(C)C)cc2)Nc2ccccc2C(=O)N1CCc1ccccc1. The molecule has 3 aromatic carbocycles. The zero-order valence-corrected chi connectivity index (χ0v) is 19.2. The number of carbonyl (C=O) groups excluding carboxylic acids is 1. The van der Waals surface area contributed by atoms with Crippen LogP contribution in [0, 0.1) is 5.92 Å². The molecule has 0 bridgehead atoms. The molecule has 0 saturated heterocycles. The number of carbonyl (C=O) groups is 1. The molecule has 1 aliphatic heterocycles. The number of hydrogen-bond acceptors (Lipinski definition) is 3. The van der Waals surface area contributed by atoms with Crippen LogP contribution in [0.2, 0.25) is 0 Å². The van der Waals surface area contributed by atoms with E-state index in [1.54, 1.807) is 0 Å². The largest absolute Gasteiger partial charge is 0.493 e. The van der Waals surface area contributed by atoms with Gasteiger partial charge in [0.15, 0.2) is 0 Å². The van der Waals surface area contributed by atoms with E-state index < -0.39 is 5.66 Å². The molecule has 1 amide bonds. The van der Waals surface area contributed by atoms with Gasteiger partial charge in [-0.2, -0.15) is 0 Å². The highest BCUT2D eigenvalue weighted by Gasteiger charge is 2.44. The summed E-state index contributed by atoms with van der Waals surface area (Å²) in [7, 11) is 0. The number of nitrogens with zero attached hydrogens (tertiary/aromatic N) is 1. The van der Waals surface area contributed by atoms with Crippen molar-refractivity contribution >= 4 is 11.6 Å². The number of fused-ring (bicyclic) bond motifs is 1. The number of rotatable bonds is 8. The second-order valence-electron chi connectivity index (χ2n) is 8.81. The molecule has 4 nitrogen and oxygen atoms in total. The molecule has 4 heteroatoms. The molecule has 0 fully saturated rings. The van der Waals surface area contributed by atoms with Gasteiger partial charge in [-0.05, 0) is 54.2 Å². The lowest BCUT2D eigenvalue weighted by Gasteiger charge is -2.48. The summed E-state index contributed by atoms with van der Waals surface area (Å²) in [5.74, 6) is 1.39. The Hall–Kier alpha value is -3.27. The number of amides is 1. The lowest BCUT2D eigenvalue weighted by atomic mass is 9.89. The molecule has 4 rings (SSSR count). The van der Waals surface area contributed by atoms with Crippen molar-refractivity contribution in [3.05, 3.63) is 95.6 Å². The second-order valence-corrected chi connectivity index (χ2v) is 8.81. The smallest absolute Gasteiger partial charge is 0.258 e. The van der Waals surface area contributed by atoms with Crippen LogP contribution < -0.4 is 10.1 Å². The number of benzene rings is 3. The molecule has 1 heterocycles. The zero-order valence-electron chi connectivity index (χ0n) is 19.2. The lowest BCUT2D eigenvalue weighted by molar-refractivity contribution is 0.0487. The van der Waals surface area contributed by atoms with E-state index in [0.717, 1.165) is 35.4 Å². The molecular formula is C28H32N2O2. The topological polar surface area (TPSA) is 41.6 Å². The molecule has 166 valence electrons. The molecule has 0 aliphatic carbocycles. The molecule has 0 spiro atoms. The zero-order chi connectivity index (χ0) is 22.6. The maximum Gasteiger partial charge on any atom is 0.258 e. The first-order chi connectivity index (χ1) is 15.5. The highest BCUT2D eigenvalue weighted by atomic mass is 16.5. The van der Waals surface area contributed by atoms with Gasteiger partial charge in [-0.15, -0.1) is 0 Å². The first kappa shape index (κ1) is 21.9. The van der Waals surface area contributed by atoms with E-state index >= 15 is 0 Å². The molecule has 0 aromatic heterocycles. The summed E-state index contributed by atoms with van der Waals surface area (Å²) in [5.41, 5.74) is 3.28. The average Bonchev–Trinajstić information content (AvgIpc) is 2.83. The van der Waals surface area contributed by atoms with E-state index in [9.17, 15) is 4.79 Å². The van der Waals surface area contributed by atoms with E-state index in [1.807, 2.05) is 59.5 Å². The van der Waals surface area contributed by atoms with E-state index in [2.05, 4.69) is 50.4 Å². The van der Waals surface area contributed by atoms with E-state index in [-0.39, 0.29) is 5.91 Å². The molecule has 3 aromatic rings. The van der Waals surface area contributed by atoms with Crippen molar-refractivity contribution in [3.63, 3.8) is 0 Å². The van der Waals surface area contributed by atoms with Gasteiger partial charge in [-0.1, -0.05) is 75.4 Å². The van der Waals surface area contributed by atoms with Gasteiger partial charge >= 0.3 is 0 Å². The summed E-state index contributed by atoms with van der Waals surface area (Å²) in [5, 5.41) is 3.73. The lowest BCUT2D eigenvalue weighted by Crippen LogP contribution is -2.57. The minimum absolute atomic E-state index is 0.0669. The molecule has 1 atom stereocenters. The van der Waals surface area contributed by atoms with Gasteiger partial charge in [-0.25, -0.2) is 0 Å². The summed E-state index contributed by atoms with van der Waals surface area (Å²) < 4.78 is 5.88. The van der Waals surface area contributed by atoms with Gasteiger partial charge in [0.1, 0.15) is 11.4 Å². The third-order valence-electron chi connectivity index (χ3n) is 6.10. The Balaban J connectivity index is 1.69. The number of para-hydroxylation sites is 1. The van der Waals surface area contributed by atoms with E-state index in [1.165, 1.54) is 5.56 Å². The second kappa shape index (κ2) is 9.47. The molecule has 1 aliphatic rings. The fraction of sp³-hybridized carbons (Fsp3) is 0.321. The monoisotopic (exact) mass is 428 g/mol. The third kappa shape index (κ3) is 4.36. The maximum atomic E-state index is 13.7. The summed E-state index contributed by atoms with van der Waals surface area (Å²) in [6, 6.07) is 26.3. The van der Waals surface area contributed by atoms with Crippen molar-refractivity contribution in [2.24, 2.45) is 5.92 Å². The Morgan fingerprint density at radius 1 is 0.938 bits per heavy atom. The molecular weight excluding hydrogens is 396 g/mol. The summed E-state index contributed by atoms with van der Waals surface area (Å²) in [4.78, 5) is 15.7. The van der Waals surface area contributed by atoms with Gasteiger partial charge < -0.3 is 15.0 Å². The average molecular weight is 429 g/mol. The van der Waals surface area contributed by atoms with Crippen molar-refractivity contribution in [2.45, 2.75) is 39.3 Å². The Bertz CT molecular complexity index is 1050. The predicted molar refractivity (Wildman–Crippen MR) is 130 cm³/mol. The third-order valence-corrected chi connectivity index (χ3v) is 6.10. The normalized spacial score (nSPS) is 17.8. The minimum atomic E-state index is -0.614. The highest BCUT2D eigenvalue weighted by molar-refractivity contribution is 6.02. The Labute approximate surface area is 191 Å². The van der Waals surface area contributed by atoms with Gasteiger partial charge in [0.05, 0.1) is 12.2 Å². The minimum Gasteiger partial charge on any atom is -0.493 e. The summed E-state index contributed by atoms with van der Waals surface area (Å²) >= 11 is 0. The van der Waals surface area contributed by atoms with Crippen molar-refractivity contribution in [1.29, 1.82) is 0 Å². The van der Waals surface area contributed by atoms with Gasteiger partial charge in [0.2, 0.25) is 0 Å². The Kier molecular flexibility index (Phi) is 6.50. The first-order valence-corrected chi connectivity index (χ1v) is 11.5. The molecule has 32 heavy (non-hydrogen) atoms. The summed E-state index contributed by atoms with van der Waals surface area (Å²) in [6.07, 6.45) is 1.54. The molecule has 1 N–H and O–H groups in total. The number of hydrogen-bond donors (Lipinski definition) is 1. The maximum absolute atomic E-state index is 13.7. The number of ether oxygens (including phenoxy) is 1. The van der Waals surface area contributed by atoms with Crippen LogP contribution in [0.4, 0.5) is 5.69 Å². The number of anilines is 1. The first-order valence-electron chi connectivity index (χ1n) is 11.5. The Morgan fingerprint density at radius 3 is 2.31 bits per heavy atom. The van der Waals surface area contributed by atoms with Crippen molar-refractivity contribution in [1.82, 2.24) is 4.90 Å². The predicted octanol–water partition coefficient (Wildman–Crippen LogP) is 6.09. The van der Waals surface area contributed by atoms with Gasteiger partial charge in [0.25, 0.3) is 5.91 Å². The fourth-order valence-corrected chi connectivity index (χ4v) is 4.37. The number of nitrogens with one attached hydrogen (secondary N) is 1. The quantitative estimate of drug-likeness (QED) is 0.472. The standard InChI is InChI=1S/C28H32N2O2/c1-4-28(23-14-16-24(17-15-23)32-20-21(2)3)29-26-13-9-8-12-25(26)27(31)30(28)19-18-22-10-6-5-7-11-22/h5-17,21,29H,4,18-20H2,1-3H3. The van der Waals surface area contributed by atoms with Crippen LogP contribution in [0.25, 0.3) is 0 Å². The van der Waals surface area contributed by atoms with Crippen molar-refractivity contribution in [2.75, 3.05) is 18.5 Å².